The van der Waals surface area contributed by atoms with E-state index >= 15 is 0 Å². The number of rotatable bonds is 8. The molecule has 0 radical (unpaired) electrons. The fourth-order valence-electron chi connectivity index (χ4n) is 2.43. The number of aromatic nitrogens is 4. The summed E-state index contributed by atoms with van der Waals surface area (Å²) in [5.41, 5.74) is 0.876. The summed E-state index contributed by atoms with van der Waals surface area (Å²) in [4.78, 5) is 22.4. The van der Waals surface area contributed by atoms with E-state index in [4.69, 9.17) is 16.3 Å². The molecule has 10 nitrogen and oxygen atoms in total. The molecule has 146 valence electrons. The molecular weight excluding hydrogens is 388 g/mol. The van der Waals surface area contributed by atoms with Crippen LogP contribution < -0.4 is 10.1 Å². The Bertz CT molecular complexity index is 999. The molecule has 1 aromatic carbocycles. The topological polar surface area (TPSA) is 117 Å². The molecule has 28 heavy (non-hydrogen) atoms. The molecule has 0 saturated carbocycles. The van der Waals surface area contributed by atoms with Gasteiger partial charge in [-0.1, -0.05) is 17.7 Å². The molecule has 0 aliphatic rings. The number of nitrogens with zero attached hydrogens (tertiary/aromatic N) is 5. The maximum absolute atomic E-state index is 12.2. The molecule has 2 heterocycles. The van der Waals surface area contributed by atoms with Crippen molar-refractivity contribution in [2.24, 2.45) is 0 Å². The average molecular weight is 405 g/mol. The van der Waals surface area contributed by atoms with E-state index in [0.717, 1.165) is 0 Å². The van der Waals surface area contributed by atoms with E-state index in [2.05, 4.69) is 15.5 Å². The lowest BCUT2D eigenvalue weighted by Crippen LogP contribution is -2.28. The van der Waals surface area contributed by atoms with Crippen LogP contribution in [0, 0.1) is 17.0 Å². The van der Waals surface area contributed by atoms with Gasteiger partial charge in [-0.25, -0.2) is 4.68 Å². The number of benzene rings is 1. The second-order valence-electron chi connectivity index (χ2n) is 5.85. The van der Waals surface area contributed by atoms with Gasteiger partial charge in [-0.3, -0.25) is 4.79 Å². The molecule has 0 unspecified atom stereocenters. The normalized spacial score (nSPS) is 10.6. The van der Waals surface area contributed by atoms with Crippen LogP contribution in [0.5, 0.6) is 5.75 Å². The van der Waals surface area contributed by atoms with E-state index in [1.54, 1.807) is 43.5 Å². The molecule has 1 N–H and O–H groups in total. The van der Waals surface area contributed by atoms with Crippen molar-refractivity contribution in [3.63, 3.8) is 0 Å². The van der Waals surface area contributed by atoms with E-state index < -0.39 is 4.92 Å². The van der Waals surface area contributed by atoms with Gasteiger partial charge in [0.05, 0.1) is 23.4 Å². The highest BCUT2D eigenvalue weighted by Crippen LogP contribution is 2.17. The van der Waals surface area contributed by atoms with Crippen LogP contribution in [0.1, 0.15) is 16.2 Å². The number of halogens is 1. The number of carbonyl (C=O) groups is 1. The summed E-state index contributed by atoms with van der Waals surface area (Å²) in [7, 11) is 0. The molecule has 2 aromatic heterocycles. The molecule has 0 bridgehead atoms. The number of hydrogen-bond acceptors (Lipinski definition) is 6. The minimum absolute atomic E-state index is 0.129. The van der Waals surface area contributed by atoms with Crippen molar-refractivity contribution < 1.29 is 14.5 Å². The van der Waals surface area contributed by atoms with Gasteiger partial charge in [0.15, 0.2) is 6.73 Å². The van der Waals surface area contributed by atoms with Crippen LogP contribution in [0.3, 0.4) is 0 Å². The van der Waals surface area contributed by atoms with Crippen LogP contribution in [-0.2, 0) is 13.3 Å². The van der Waals surface area contributed by atoms with Crippen molar-refractivity contribution in [1.29, 1.82) is 0 Å². The van der Waals surface area contributed by atoms with Crippen LogP contribution in [0.25, 0.3) is 0 Å². The summed E-state index contributed by atoms with van der Waals surface area (Å²) in [6.45, 7) is 2.40. The first-order chi connectivity index (χ1) is 13.4. The van der Waals surface area contributed by atoms with Crippen LogP contribution in [0.2, 0.25) is 5.02 Å². The summed E-state index contributed by atoms with van der Waals surface area (Å²) in [6.07, 6.45) is 1.63. The Morgan fingerprint density at radius 2 is 2.14 bits per heavy atom. The highest BCUT2D eigenvalue weighted by atomic mass is 35.5. The van der Waals surface area contributed by atoms with Gasteiger partial charge in [0.1, 0.15) is 11.4 Å². The van der Waals surface area contributed by atoms with E-state index in [1.807, 2.05) is 0 Å². The molecule has 0 fully saturated rings. The minimum Gasteiger partial charge on any atom is -0.471 e. The van der Waals surface area contributed by atoms with Crippen LogP contribution in [0.15, 0.2) is 42.6 Å². The first-order valence-corrected chi connectivity index (χ1v) is 8.69. The molecule has 3 aromatic rings. The third-order valence-corrected chi connectivity index (χ3v) is 4.03. The Morgan fingerprint density at radius 1 is 1.32 bits per heavy atom. The molecule has 0 saturated heterocycles. The van der Waals surface area contributed by atoms with Crippen LogP contribution in [-0.4, -0.2) is 36.9 Å². The van der Waals surface area contributed by atoms with Crippen molar-refractivity contribution in [3.8, 4) is 5.75 Å². The third-order valence-electron chi connectivity index (χ3n) is 3.80. The van der Waals surface area contributed by atoms with E-state index in [-0.39, 0.29) is 30.7 Å². The fraction of sp³-hybridized carbons (Fsp3) is 0.235. The van der Waals surface area contributed by atoms with Crippen molar-refractivity contribution in [2.75, 3.05) is 6.54 Å². The van der Waals surface area contributed by atoms with Crippen molar-refractivity contribution in [1.82, 2.24) is 24.9 Å². The third kappa shape index (κ3) is 4.86. The highest BCUT2D eigenvalue weighted by Gasteiger charge is 2.15. The van der Waals surface area contributed by atoms with Gasteiger partial charge in [0.25, 0.3) is 5.91 Å². The first kappa shape index (κ1) is 19.4. The lowest BCUT2D eigenvalue weighted by atomic mass is 10.3. The fourth-order valence-corrected chi connectivity index (χ4v) is 2.61. The van der Waals surface area contributed by atoms with Crippen molar-refractivity contribution in [3.05, 3.63) is 69.1 Å². The quantitative estimate of drug-likeness (QED) is 0.455. The van der Waals surface area contributed by atoms with Crippen molar-refractivity contribution in [2.45, 2.75) is 20.2 Å². The minimum atomic E-state index is -0.555. The van der Waals surface area contributed by atoms with Gasteiger partial charge in [0.2, 0.25) is 0 Å². The Balaban J connectivity index is 1.49. The maximum atomic E-state index is 12.2. The molecule has 0 aliphatic heterocycles. The monoisotopic (exact) mass is 404 g/mol. The van der Waals surface area contributed by atoms with E-state index in [0.29, 0.717) is 23.0 Å². The van der Waals surface area contributed by atoms with Gasteiger partial charge in [-0.15, -0.1) is 0 Å². The summed E-state index contributed by atoms with van der Waals surface area (Å²) >= 11 is 5.90. The number of nitrogens with one attached hydrogen (secondary N) is 1. The number of carbonyl (C=O) groups excluding carboxylic acids is 1. The van der Waals surface area contributed by atoms with Gasteiger partial charge < -0.3 is 20.2 Å². The summed E-state index contributed by atoms with van der Waals surface area (Å²) in [5, 5.41) is 22.0. The lowest BCUT2D eigenvalue weighted by molar-refractivity contribution is -0.389. The smallest absolute Gasteiger partial charge is 0.390 e. The second-order valence-corrected chi connectivity index (χ2v) is 6.29. The van der Waals surface area contributed by atoms with Gasteiger partial charge >= 0.3 is 5.82 Å². The maximum Gasteiger partial charge on any atom is 0.390 e. The zero-order valence-electron chi connectivity index (χ0n) is 14.9. The van der Waals surface area contributed by atoms with Crippen LogP contribution in [0.4, 0.5) is 5.82 Å². The molecule has 1 amide bonds. The largest absolute Gasteiger partial charge is 0.471 e. The number of hydrogen-bond donors (Lipinski definition) is 1. The zero-order chi connectivity index (χ0) is 20.1. The molecule has 0 atom stereocenters. The first-order valence-electron chi connectivity index (χ1n) is 8.31. The molecule has 0 aliphatic carbocycles. The summed E-state index contributed by atoms with van der Waals surface area (Å²) in [6, 6.07) is 9.91. The number of aryl methyl sites for hydroxylation is 1. The van der Waals surface area contributed by atoms with Gasteiger partial charge in [-0.2, -0.15) is 9.78 Å². The Kier molecular flexibility index (Phi) is 5.90. The predicted octanol–water partition coefficient (Wildman–Crippen LogP) is 2.42. The Labute approximate surface area is 164 Å². The standard InChI is InChI=1S/C17H17ClN6O4/c1-12-9-16(24(26)27)21-23(12)8-6-19-17(25)15-5-7-22(20-15)11-28-14-4-2-3-13(18)10-14/h2-5,7,9-10H,6,8,11H2,1H3,(H,19,25). The molecule has 11 heteroatoms. The number of amides is 1. The number of nitro groups is 1. The molecular formula is C17H17ClN6O4. The summed E-state index contributed by atoms with van der Waals surface area (Å²) < 4.78 is 8.51. The molecule has 0 spiro atoms. The zero-order valence-corrected chi connectivity index (χ0v) is 15.7. The second kappa shape index (κ2) is 8.53. The summed E-state index contributed by atoms with van der Waals surface area (Å²) in [5.74, 6) is 0.0146. The number of ether oxygens (including phenoxy) is 1. The SMILES string of the molecule is Cc1cc([N+](=O)[O-])nn1CCNC(=O)c1ccn(COc2cccc(Cl)c2)n1. The average Bonchev–Trinajstić information content (AvgIpc) is 3.27. The Morgan fingerprint density at radius 3 is 2.86 bits per heavy atom. The molecule has 3 rings (SSSR count). The van der Waals surface area contributed by atoms with Gasteiger partial charge in [0, 0.05) is 17.8 Å². The van der Waals surface area contributed by atoms with E-state index in [1.165, 1.54) is 15.4 Å². The Hall–Kier alpha value is -3.40. The lowest BCUT2D eigenvalue weighted by Gasteiger charge is -2.06. The van der Waals surface area contributed by atoms with Crippen LogP contribution >= 0.6 is 11.6 Å². The van der Waals surface area contributed by atoms with Gasteiger partial charge in [-0.05, 0) is 36.1 Å². The highest BCUT2D eigenvalue weighted by molar-refractivity contribution is 6.30. The van der Waals surface area contributed by atoms with E-state index in [9.17, 15) is 14.9 Å². The van der Waals surface area contributed by atoms with Crippen molar-refractivity contribution >= 4 is 23.3 Å². The predicted molar refractivity (Wildman–Crippen MR) is 100 cm³/mol.